The van der Waals surface area contributed by atoms with Gasteiger partial charge in [0, 0.05) is 11.1 Å². The van der Waals surface area contributed by atoms with Crippen molar-refractivity contribution >= 4 is 73.3 Å². The molecule has 2 aromatic carbocycles. The third-order valence-corrected chi connectivity index (χ3v) is 6.98. The number of nitrogens with one attached hydrogen (secondary N) is 2. The topological polar surface area (TPSA) is 117 Å². The number of nitrogens with zero attached hydrogens (tertiary/aromatic N) is 1. The highest BCUT2D eigenvalue weighted by Gasteiger charge is 2.16. The first kappa shape index (κ1) is 23.5. The van der Waals surface area contributed by atoms with Gasteiger partial charge in [-0.05, 0) is 61.1 Å². The van der Waals surface area contributed by atoms with Crippen molar-refractivity contribution in [3.63, 3.8) is 0 Å². The van der Waals surface area contributed by atoms with Crippen LogP contribution in [0.25, 0.3) is 10.4 Å². The van der Waals surface area contributed by atoms with Crippen LogP contribution in [-0.2, 0) is 10.0 Å². The van der Waals surface area contributed by atoms with E-state index in [9.17, 15) is 13.5 Å². The fourth-order valence-corrected chi connectivity index (χ4v) is 4.51. The Hall–Kier alpha value is -2.21. The molecule has 0 unspecified atom stereocenters. The molecule has 1 aromatic heterocycles. The summed E-state index contributed by atoms with van der Waals surface area (Å²) in [5, 5.41) is 25.6. The molecule has 0 fully saturated rings. The van der Waals surface area contributed by atoms with Crippen LogP contribution in [0.1, 0.15) is 12.5 Å². The Morgan fingerprint density at radius 2 is 1.84 bits per heavy atom. The minimum Gasteiger partial charge on any atom is -0.506 e. The molecule has 3 aromatic rings. The van der Waals surface area contributed by atoms with Crippen molar-refractivity contribution in [3.8, 4) is 16.2 Å². The van der Waals surface area contributed by atoms with Gasteiger partial charge in [0.2, 0.25) is 10.0 Å². The lowest BCUT2D eigenvalue weighted by atomic mass is 10.1. The second-order valence-electron chi connectivity index (χ2n) is 6.29. The van der Waals surface area contributed by atoms with Gasteiger partial charge in [-0.2, -0.15) is 5.10 Å². The molecular formula is C19H16Cl2N4O3S3. The van der Waals surface area contributed by atoms with Gasteiger partial charge in [0.05, 0.1) is 31.1 Å². The maximum absolute atomic E-state index is 11.3. The summed E-state index contributed by atoms with van der Waals surface area (Å²) in [6.45, 7) is 1.72. The monoisotopic (exact) mass is 514 g/mol. The summed E-state index contributed by atoms with van der Waals surface area (Å²) in [6.07, 6.45) is 0. The van der Waals surface area contributed by atoms with Gasteiger partial charge in [-0.25, -0.2) is 13.6 Å². The van der Waals surface area contributed by atoms with E-state index in [4.69, 9.17) is 40.6 Å². The molecule has 0 aliphatic heterocycles. The summed E-state index contributed by atoms with van der Waals surface area (Å²) < 4.78 is 22.6. The molecule has 7 nitrogen and oxygen atoms in total. The number of rotatable bonds is 5. The first-order valence-electron chi connectivity index (χ1n) is 8.56. The van der Waals surface area contributed by atoms with Gasteiger partial charge >= 0.3 is 0 Å². The molecule has 31 heavy (non-hydrogen) atoms. The average molecular weight is 515 g/mol. The van der Waals surface area contributed by atoms with Crippen LogP contribution in [0.4, 0.5) is 5.69 Å². The lowest BCUT2D eigenvalue weighted by molar-refractivity contribution is 0.478. The van der Waals surface area contributed by atoms with Crippen LogP contribution >= 0.6 is 46.8 Å². The number of thiophene rings is 1. The zero-order valence-electron chi connectivity index (χ0n) is 15.9. The molecule has 5 N–H and O–H groups in total. The van der Waals surface area contributed by atoms with E-state index in [0.29, 0.717) is 31.9 Å². The fourth-order valence-electron chi connectivity index (χ4n) is 2.53. The highest BCUT2D eigenvalue weighted by atomic mass is 35.5. The van der Waals surface area contributed by atoms with Crippen LogP contribution in [0.2, 0.25) is 10.0 Å². The van der Waals surface area contributed by atoms with E-state index >= 15 is 0 Å². The second-order valence-corrected chi connectivity index (χ2v) is 9.95. The average Bonchev–Trinajstić information content (AvgIpc) is 3.09. The van der Waals surface area contributed by atoms with Crippen LogP contribution in [0.3, 0.4) is 0 Å². The summed E-state index contributed by atoms with van der Waals surface area (Å²) in [7, 11) is -3.76. The molecule has 0 saturated heterocycles. The molecule has 0 atom stereocenters. The number of nitrogens with two attached hydrogens (primary N) is 1. The number of hydrogen-bond donors (Lipinski definition) is 4. The zero-order valence-corrected chi connectivity index (χ0v) is 19.8. The van der Waals surface area contributed by atoms with E-state index in [-0.39, 0.29) is 15.8 Å². The van der Waals surface area contributed by atoms with Crippen molar-refractivity contribution in [2.24, 2.45) is 10.2 Å². The smallest absolute Gasteiger partial charge is 0.238 e. The number of hydrogen-bond acceptors (Lipinski definition) is 6. The summed E-state index contributed by atoms with van der Waals surface area (Å²) >= 11 is 18.6. The molecule has 0 spiro atoms. The minimum absolute atomic E-state index is 0.00324. The van der Waals surface area contributed by atoms with Crippen LogP contribution in [-0.4, -0.2) is 24.3 Å². The number of aromatic hydroxyl groups is 1. The van der Waals surface area contributed by atoms with E-state index in [1.807, 2.05) is 0 Å². The Bertz CT molecular complexity index is 1270. The van der Waals surface area contributed by atoms with Gasteiger partial charge < -0.3 is 10.4 Å². The van der Waals surface area contributed by atoms with Gasteiger partial charge in [-0.15, -0.1) is 11.3 Å². The number of primary sulfonamides is 1. The van der Waals surface area contributed by atoms with Crippen LogP contribution in [0.5, 0.6) is 5.75 Å². The summed E-state index contributed by atoms with van der Waals surface area (Å²) in [4.78, 5) is 0.635. The number of sulfonamides is 1. The van der Waals surface area contributed by atoms with Crippen molar-refractivity contribution < 1.29 is 13.5 Å². The molecule has 12 heteroatoms. The van der Waals surface area contributed by atoms with E-state index < -0.39 is 10.0 Å². The number of thiocarbonyl (C=S) groups is 1. The molecular weight excluding hydrogens is 499 g/mol. The van der Waals surface area contributed by atoms with Crippen molar-refractivity contribution in [1.29, 1.82) is 0 Å². The molecule has 0 amide bonds. The van der Waals surface area contributed by atoms with Gasteiger partial charge in [-0.3, -0.25) is 5.43 Å². The third-order valence-electron chi connectivity index (χ3n) is 4.10. The molecule has 0 bridgehead atoms. The molecule has 0 aliphatic carbocycles. The fraction of sp³-hybridized carbons (Fsp3) is 0.0526. The Morgan fingerprint density at radius 1 is 1.16 bits per heavy atom. The molecule has 1 heterocycles. The molecule has 0 aliphatic rings. The van der Waals surface area contributed by atoms with Gasteiger partial charge in [-0.1, -0.05) is 29.3 Å². The first-order valence-corrected chi connectivity index (χ1v) is 12.2. The lowest BCUT2D eigenvalue weighted by Gasteiger charge is -2.08. The predicted octanol–water partition coefficient (Wildman–Crippen LogP) is 4.79. The second kappa shape index (κ2) is 9.51. The van der Waals surface area contributed by atoms with Crippen molar-refractivity contribution in [1.82, 2.24) is 5.43 Å². The summed E-state index contributed by atoms with van der Waals surface area (Å²) in [6, 6.07) is 10.9. The standard InChI is InChI=1S/C19H16Cl2N4O3S3/c1-10(14-9-30-18(17(14)26)11-2-7-15(20)16(21)8-11)24-25-19(29)23-12-3-5-13(6-4-12)31(22,27)28/h2-9,26H,1H3,(H2,22,27,28)(H2,23,25,29). The van der Waals surface area contributed by atoms with Gasteiger partial charge in [0.25, 0.3) is 0 Å². The van der Waals surface area contributed by atoms with Crippen LogP contribution < -0.4 is 15.9 Å². The Morgan fingerprint density at radius 3 is 2.45 bits per heavy atom. The zero-order chi connectivity index (χ0) is 22.8. The van der Waals surface area contributed by atoms with Crippen LogP contribution in [0.15, 0.2) is 57.8 Å². The molecule has 162 valence electrons. The van der Waals surface area contributed by atoms with Crippen molar-refractivity contribution in [2.45, 2.75) is 11.8 Å². The highest BCUT2D eigenvalue weighted by Crippen LogP contribution is 2.40. The van der Waals surface area contributed by atoms with E-state index in [2.05, 4.69) is 15.8 Å². The number of hydrazone groups is 1. The molecule has 3 rings (SSSR count). The largest absolute Gasteiger partial charge is 0.506 e. The summed E-state index contributed by atoms with van der Waals surface area (Å²) in [5.74, 6) is 0.0731. The number of halogens is 2. The normalized spacial score (nSPS) is 11.9. The van der Waals surface area contributed by atoms with Crippen molar-refractivity contribution in [2.75, 3.05) is 5.32 Å². The van der Waals surface area contributed by atoms with Crippen LogP contribution in [0, 0.1) is 0 Å². The van der Waals surface area contributed by atoms with E-state index in [0.717, 1.165) is 5.56 Å². The molecule has 0 saturated carbocycles. The van der Waals surface area contributed by atoms with E-state index in [1.165, 1.54) is 35.6 Å². The van der Waals surface area contributed by atoms with Gasteiger partial charge in [0.15, 0.2) is 5.11 Å². The lowest BCUT2D eigenvalue weighted by Crippen LogP contribution is -2.25. The predicted molar refractivity (Wildman–Crippen MR) is 131 cm³/mol. The summed E-state index contributed by atoms with van der Waals surface area (Å²) in [5.41, 5.74) is 5.03. The highest BCUT2D eigenvalue weighted by molar-refractivity contribution is 7.89. The quantitative estimate of drug-likeness (QED) is 0.221. The Labute approximate surface area is 198 Å². The van der Waals surface area contributed by atoms with Crippen molar-refractivity contribution in [3.05, 3.63) is 63.5 Å². The number of anilines is 1. The first-order chi connectivity index (χ1) is 14.6. The maximum Gasteiger partial charge on any atom is 0.238 e. The van der Waals surface area contributed by atoms with E-state index in [1.54, 1.807) is 30.5 Å². The minimum atomic E-state index is -3.76. The van der Waals surface area contributed by atoms with Gasteiger partial charge in [0.1, 0.15) is 5.75 Å². The SMILES string of the molecule is CC(=NNC(=S)Nc1ccc(S(N)(=O)=O)cc1)c1csc(-c2ccc(Cl)c(Cl)c2)c1O. The Balaban J connectivity index is 1.69. The third kappa shape index (κ3) is 5.73. The Kier molecular flexibility index (Phi) is 7.20. The number of benzene rings is 2. The molecule has 0 radical (unpaired) electrons. The maximum atomic E-state index is 11.3.